The number of carbonyl (C=O) groups excluding carboxylic acids is 1. The third kappa shape index (κ3) is 4.40. The second kappa shape index (κ2) is 7.24. The molecule has 1 amide bonds. The van der Waals surface area contributed by atoms with Crippen molar-refractivity contribution < 1.29 is 9.53 Å². The van der Waals surface area contributed by atoms with Gasteiger partial charge in [-0.3, -0.25) is 4.79 Å². The summed E-state index contributed by atoms with van der Waals surface area (Å²) in [6.07, 6.45) is -0.634. The van der Waals surface area contributed by atoms with E-state index in [2.05, 4.69) is 5.32 Å². The van der Waals surface area contributed by atoms with E-state index in [1.807, 2.05) is 32.9 Å². The summed E-state index contributed by atoms with van der Waals surface area (Å²) in [5, 5.41) is 4.20. The summed E-state index contributed by atoms with van der Waals surface area (Å²) in [6, 6.07) is 8.97. The average Bonchev–Trinajstić information content (AvgIpc) is 2.47. The minimum Gasteiger partial charge on any atom is -0.481 e. The van der Waals surface area contributed by atoms with Gasteiger partial charge in [0.1, 0.15) is 5.75 Å². The Labute approximate surface area is 146 Å². The fraction of sp³-hybridized carbons (Fsp3) is 0.278. The van der Waals surface area contributed by atoms with Crippen LogP contribution in [0, 0.1) is 20.8 Å². The lowest BCUT2D eigenvalue weighted by atomic mass is 10.1. The van der Waals surface area contributed by atoms with Gasteiger partial charge in [0.15, 0.2) is 6.10 Å². The largest absolute Gasteiger partial charge is 0.481 e. The van der Waals surface area contributed by atoms with Crippen molar-refractivity contribution in [1.29, 1.82) is 0 Å². The van der Waals surface area contributed by atoms with E-state index in [1.165, 1.54) is 0 Å². The zero-order chi connectivity index (χ0) is 17.1. The summed E-state index contributed by atoms with van der Waals surface area (Å²) in [6.45, 7) is 7.41. The van der Waals surface area contributed by atoms with Crippen LogP contribution in [-0.4, -0.2) is 12.0 Å². The topological polar surface area (TPSA) is 38.3 Å². The van der Waals surface area contributed by atoms with Crippen molar-refractivity contribution in [3.05, 3.63) is 57.1 Å². The zero-order valence-corrected chi connectivity index (χ0v) is 15.0. The molecule has 0 aliphatic rings. The predicted molar refractivity (Wildman–Crippen MR) is 95.8 cm³/mol. The molecule has 5 heteroatoms. The third-order valence-corrected chi connectivity index (χ3v) is 4.37. The summed E-state index contributed by atoms with van der Waals surface area (Å²) >= 11 is 12.1. The Morgan fingerprint density at radius 2 is 1.65 bits per heavy atom. The van der Waals surface area contributed by atoms with Crippen molar-refractivity contribution in [3.8, 4) is 5.75 Å². The molecule has 0 radical (unpaired) electrons. The van der Waals surface area contributed by atoms with Crippen LogP contribution in [-0.2, 0) is 4.79 Å². The van der Waals surface area contributed by atoms with Gasteiger partial charge in [-0.1, -0.05) is 23.2 Å². The molecule has 0 saturated carbocycles. The molecule has 0 aliphatic heterocycles. The Morgan fingerprint density at radius 1 is 1.04 bits per heavy atom. The van der Waals surface area contributed by atoms with E-state index >= 15 is 0 Å². The molecule has 1 unspecified atom stereocenters. The highest BCUT2D eigenvalue weighted by Crippen LogP contribution is 2.27. The van der Waals surface area contributed by atoms with Gasteiger partial charge in [0.2, 0.25) is 0 Å². The first-order valence-corrected chi connectivity index (χ1v) is 8.04. The molecule has 2 aromatic rings. The van der Waals surface area contributed by atoms with E-state index in [-0.39, 0.29) is 5.91 Å². The molecular formula is C18H19Cl2NO2. The number of benzene rings is 2. The van der Waals surface area contributed by atoms with Gasteiger partial charge in [0, 0.05) is 15.7 Å². The number of carbonyl (C=O) groups is 1. The highest BCUT2D eigenvalue weighted by atomic mass is 35.5. The van der Waals surface area contributed by atoms with Gasteiger partial charge in [0.25, 0.3) is 5.91 Å². The molecule has 0 fully saturated rings. The molecule has 3 nitrogen and oxygen atoms in total. The smallest absolute Gasteiger partial charge is 0.265 e. The number of anilines is 1. The lowest BCUT2D eigenvalue weighted by Crippen LogP contribution is -2.30. The first kappa shape index (κ1) is 17.6. The van der Waals surface area contributed by atoms with Gasteiger partial charge in [0.05, 0.1) is 0 Å². The molecule has 0 spiro atoms. The second-order valence-corrected chi connectivity index (χ2v) is 6.39. The Bertz CT molecular complexity index is 721. The van der Waals surface area contributed by atoms with Crippen LogP contribution < -0.4 is 10.1 Å². The summed E-state index contributed by atoms with van der Waals surface area (Å²) in [5.74, 6) is 0.403. The SMILES string of the molecule is Cc1cc(Cl)ccc1NC(=O)C(C)Oc1cc(C)c(Cl)c(C)c1. The number of rotatable bonds is 4. The normalized spacial score (nSPS) is 11.9. The summed E-state index contributed by atoms with van der Waals surface area (Å²) in [5.41, 5.74) is 3.46. The molecule has 1 atom stereocenters. The maximum atomic E-state index is 12.3. The first-order valence-electron chi connectivity index (χ1n) is 7.28. The Hall–Kier alpha value is -1.71. The standard InChI is InChI=1S/C18H19Cl2NO2/c1-10-7-14(19)5-6-16(10)21-18(22)13(4)23-15-8-11(2)17(20)12(3)9-15/h5-9,13H,1-4H3,(H,21,22). The van der Waals surface area contributed by atoms with Gasteiger partial charge < -0.3 is 10.1 Å². The molecule has 0 saturated heterocycles. The van der Waals surface area contributed by atoms with E-state index in [0.717, 1.165) is 22.4 Å². The van der Waals surface area contributed by atoms with Crippen LogP contribution in [0.2, 0.25) is 10.0 Å². The van der Waals surface area contributed by atoms with Crippen molar-refractivity contribution in [3.63, 3.8) is 0 Å². The molecule has 0 bridgehead atoms. The van der Waals surface area contributed by atoms with E-state index in [0.29, 0.717) is 15.8 Å². The maximum absolute atomic E-state index is 12.3. The van der Waals surface area contributed by atoms with Crippen LogP contribution in [0.15, 0.2) is 30.3 Å². The van der Waals surface area contributed by atoms with E-state index in [9.17, 15) is 4.79 Å². The van der Waals surface area contributed by atoms with Crippen molar-refractivity contribution in [2.75, 3.05) is 5.32 Å². The number of hydrogen-bond acceptors (Lipinski definition) is 2. The lowest BCUT2D eigenvalue weighted by Gasteiger charge is -2.17. The molecule has 0 heterocycles. The molecule has 23 heavy (non-hydrogen) atoms. The summed E-state index contributed by atoms with van der Waals surface area (Å²) in [4.78, 5) is 12.3. The van der Waals surface area contributed by atoms with Crippen LogP contribution in [0.1, 0.15) is 23.6 Å². The zero-order valence-electron chi connectivity index (χ0n) is 13.5. The predicted octanol–water partition coefficient (Wildman–Crippen LogP) is 5.32. The van der Waals surface area contributed by atoms with Crippen LogP contribution in [0.3, 0.4) is 0 Å². The number of ether oxygens (including phenoxy) is 1. The number of halogens is 2. The molecular weight excluding hydrogens is 333 g/mol. The van der Waals surface area contributed by atoms with Crippen LogP contribution >= 0.6 is 23.2 Å². The minimum absolute atomic E-state index is 0.222. The van der Waals surface area contributed by atoms with Crippen molar-refractivity contribution >= 4 is 34.8 Å². The fourth-order valence-corrected chi connectivity index (χ4v) is 2.57. The van der Waals surface area contributed by atoms with Crippen molar-refractivity contribution in [1.82, 2.24) is 0 Å². The summed E-state index contributed by atoms with van der Waals surface area (Å²) < 4.78 is 5.73. The van der Waals surface area contributed by atoms with Gasteiger partial charge in [-0.05, 0) is 74.7 Å². The van der Waals surface area contributed by atoms with Crippen molar-refractivity contribution in [2.45, 2.75) is 33.8 Å². The Kier molecular flexibility index (Phi) is 5.55. The Morgan fingerprint density at radius 3 is 2.22 bits per heavy atom. The number of nitrogens with one attached hydrogen (secondary N) is 1. The molecule has 122 valence electrons. The van der Waals surface area contributed by atoms with Gasteiger partial charge in [-0.25, -0.2) is 0 Å². The average molecular weight is 352 g/mol. The monoisotopic (exact) mass is 351 g/mol. The highest BCUT2D eigenvalue weighted by Gasteiger charge is 2.16. The van der Waals surface area contributed by atoms with Crippen LogP contribution in [0.25, 0.3) is 0 Å². The number of amides is 1. The molecule has 2 aromatic carbocycles. The molecule has 0 aliphatic carbocycles. The second-order valence-electron chi connectivity index (χ2n) is 5.58. The number of hydrogen-bond donors (Lipinski definition) is 1. The van der Waals surface area contributed by atoms with Gasteiger partial charge in [-0.2, -0.15) is 0 Å². The quantitative estimate of drug-likeness (QED) is 0.808. The minimum atomic E-state index is -0.634. The highest BCUT2D eigenvalue weighted by molar-refractivity contribution is 6.32. The summed E-state index contributed by atoms with van der Waals surface area (Å²) in [7, 11) is 0. The fourth-order valence-electron chi connectivity index (χ4n) is 2.23. The van der Waals surface area contributed by atoms with E-state index in [4.69, 9.17) is 27.9 Å². The van der Waals surface area contributed by atoms with E-state index in [1.54, 1.807) is 25.1 Å². The van der Waals surface area contributed by atoms with Crippen LogP contribution in [0.4, 0.5) is 5.69 Å². The molecule has 1 N–H and O–H groups in total. The number of aryl methyl sites for hydroxylation is 3. The van der Waals surface area contributed by atoms with Crippen molar-refractivity contribution in [2.24, 2.45) is 0 Å². The molecule has 2 rings (SSSR count). The maximum Gasteiger partial charge on any atom is 0.265 e. The lowest BCUT2D eigenvalue weighted by molar-refractivity contribution is -0.122. The van der Waals surface area contributed by atoms with Crippen LogP contribution in [0.5, 0.6) is 5.75 Å². The first-order chi connectivity index (χ1) is 10.8. The van der Waals surface area contributed by atoms with Gasteiger partial charge in [-0.15, -0.1) is 0 Å². The third-order valence-electron chi connectivity index (χ3n) is 3.54. The Balaban J connectivity index is 2.08. The molecule has 0 aromatic heterocycles. The van der Waals surface area contributed by atoms with Gasteiger partial charge >= 0.3 is 0 Å². The van der Waals surface area contributed by atoms with E-state index < -0.39 is 6.10 Å².